The molecule has 1 heterocycles. The first-order chi connectivity index (χ1) is 12.6. The summed E-state index contributed by atoms with van der Waals surface area (Å²) in [6.45, 7) is 0. The van der Waals surface area contributed by atoms with Gasteiger partial charge in [0.05, 0.1) is 5.69 Å². The molecule has 3 rings (SSSR count). The molecule has 0 bridgehead atoms. The van der Waals surface area contributed by atoms with Gasteiger partial charge in [-0.15, -0.1) is 0 Å². The van der Waals surface area contributed by atoms with Crippen LogP contribution < -0.4 is 5.32 Å². The predicted molar refractivity (Wildman–Crippen MR) is 101 cm³/mol. The van der Waals surface area contributed by atoms with E-state index in [1.165, 1.54) is 0 Å². The minimum absolute atomic E-state index is 0.205. The Balaban J connectivity index is 1.58. The molecule has 0 spiro atoms. The fraction of sp³-hybridized carbons (Fsp3) is 0.150. The molecule has 0 radical (unpaired) electrons. The number of benzene rings is 2. The number of hydrogen-bond donors (Lipinski definition) is 2. The van der Waals surface area contributed by atoms with Gasteiger partial charge in [0.2, 0.25) is 5.91 Å². The van der Waals surface area contributed by atoms with Crippen LogP contribution >= 0.6 is 11.8 Å². The zero-order chi connectivity index (χ0) is 18.4. The van der Waals surface area contributed by atoms with Gasteiger partial charge in [0.1, 0.15) is 0 Å². The first kappa shape index (κ1) is 18.2. The van der Waals surface area contributed by atoms with Crippen LogP contribution in [0.25, 0.3) is 11.3 Å². The van der Waals surface area contributed by atoms with Crippen molar-refractivity contribution in [3.8, 4) is 11.3 Å². The number of nitrogens with one attached hydrogen (secondary N) is 2. The van der Waals surface area contributed by atoms with Gasteiger partial charge in [-0.3, -0.25) is 4.79 Å². The Labute approximate surface area is 154 Å². The normalized spacial score (nSPS) is 10.9. The number of carbonyl (C=O) groups excluding carboxylic acids is 1. The Bertz CT molecular complexity index is 865. The third-order valence-corrected chi connectivity index (χ3v) is 4.62. The minimum atomic E-state index is -2.52. The topological polar surface area (TPSA) is 44.9 Å². The van der Waals surface area contributed by atoms with Crippen molar-refractivity contribution in [1.82, 2.24) is 4.98 Å². The van der Waals surface area contributed by atoms with Crippen LogP contribution in [0.5, 0.6) is 0 Å². The lowest BCUT2D eigenvalue weighted by atomic mass is 10.2. The van der Waals surface area contributed by atoms with Gasteiger partial charge in [-0.25, -0.2) is 0 Å². The minimum Gasteiger partial charge on any atom is -0.358 e. The second-order valence-corrected chi connectivity index (χ2v) is 6.72. The second-order valence-electron chi connectivity index (χ2n) is 5.69. The van der Waals surface area contributed by atoms with Crippen molar-refractivity contribution >= 4 is 23.4 Å². The van der Waals surface area contributed by atoms with Gasteiger partial charge in [0, 0.05) is 22.7 Å². The third-order valence-electron chi connectivity index (χ3n) is 3.83. The summed E-state index contributed by atoms with van der Waals surface area (Å²) in [7, 11) is 0. The Morgan fingerprint density at radius 3 is 2.50 bits per heavy atom. The number of carbonyl (C=O) groups is 1. The molecule has 2 aromatic carbocycles. The SMILES string of the molecule is O=C(CCc1ccc(-c2ccccc2)[nH]1)Nc1ccccc1SC(F)F. The molecule has 0 saturated carbocycles. The van der Waals surface area contributed by atoms with Crippen molar-refractivity contribution in [2.75, 3.05) is 5.32 Å². The van der Waals surface area contributed by atoms with E-state index in [4.69, 9.17) is 0 Å². The molecule has 0 aliphatic carbocycles. The molecule has 0 unspecified atom stereocenters. The highest BCUT2D eigenvalue weighted by Gasteiger charge is 2.12. The average molecular weight is 372 g/mol. The molecule has 6 heteroatoms. The number of para-hydroxylation sites is 1. The maximum absolute atomic E-state index is 12.6. The van der Waals surface area contributed by atoms with E-state index in [0.717, 1.165) is 17.0 Å². The highest BCUT2D eigenvalue weighted by molar-refractivity contribution is 7.99. The Morgan fingerprint density at radius 2 is 1.73 bits per heavy atom. The van der Waals surface area contributed by atoms with Gasteiger partial charge in [-0.2, -0.15) is 8.78 Å². The van der Waals surface area contributed by atoms with E-state index in [1.807, 2.05) is 42.5 Å². The van der Waals surface area contributed by atoms with E-state index >= 15 is 0 Å². The number of amides is 1. The van der Waals surface area contributed by atoms with Gasteiger partial charge < -0.3 is 10.3 Å². The molecule has 0 aliphatic rings. The molecular formula is C20H18F2N2OS. The van der Waals surface area contributed by atoms with Crippen LogP contribution in [0.2, 0.25) is 0 Å². The Kier molecular flexibility index (Phi) is 6.07. The summed E-state index contributed by atoms with van der Waals surface area (Å²) in [4.78, 5) is 15.8. The molecule has 26 heavy (non-hydrogen) atoms. The lowest BCUT2D eigenvalue weighted by Gasteiger charge is -2.10. The van der Waals surface area contributed by atoms with E-state index < -0.39 is 5.76 Å². The predicted octanol–water partition coefficient (Wildman–Crippen LogP) is 5.57. The first-order valence-electron chi connectivity index (χ1n) is 8.19. The number of rotatable bonds is 7. The standard InChI is InChI=1S/C20H18F2N2OS/c21-20(22)26-18-9-5-4-8-17(18)24-19(25)13-11-15-10-12-16(23-15)14-6-2-1-3-7-14/h1-10,12,20,23H,11,13H2,(H,24,25). The van der Waals surface area contributed by atoms with E-state index in [9.17, 15) is 13.6 Å². The smallest absolute Gasteiger partial charge is 0.288 e. The number of aromatic amines is 1. The lowest BCUT2D eigenvalue weighted by molar-refractivity contribution is -0.116. The molecule has 1 aromatic heterocycles. The quantitative estimate of drug-likeness (QED) is 0.533. The highest BCUT2D eigenvalue weighted by Crippen LogP contribution is 2.31. The van der Waals surface area contributed by atoms with Crippen LogP contribution in [0.3, 0.4) is 0 Å². The van der Waals surface area contributed by atoms with Crippen molar-refractivity contribution in [3.63, 3.8) is 0 Å². The average Bonchev–Trinajstić information content (AvgIpc) is 3.11. The molecule has 1 amide bonds. The van der Waals surface area contributed by atoms with Crippen molar-refractivity contribution in [3.05, 3.63) is 72.4 Å². The summed E-state index contributed by atoms with van der Waals surface area (Å²) in [5.41, 5.74) is 3.45. The number of hydrogen-bond acceptors (Lipinski definition) is 2. The fourth-order valence-electron chi connectivity index (χ4n) is 2.60. The molecule has 0 saturated heterocycles. The van der Waals surface area contributed by atoms with Crippen molar-refractivity contribution in [2.24, 2.45) is 0 Å². The largest absolute Gasteiger partial charge is 0.358 e. The molecule has 3 aromatic rings. The molecule has 0 aliphatic heterocycles. The maximum atomic E-state index is 12.6. The number of halogens is 2. The molecular weight excluding hydrogens is 354 g/mol. The van der Waals surface area contributed by atoms with Crippen LogP contribution in [0.15, 0.2) is 71.6 Å². The summed E-state index contributed by atoms with van der Waals surface area (Å²) >= 11 is 0.428. The van der Waals surface area contributed by atoms with Crippen molar-refractivity contribution in [1.29, 1.82) is 0 Å². The maximum Gasteiger partial charge on any atom is 0.288 e. The van der Waals surface area contributed by atoms with Gasteiger partial charge in [0.15, 0.2) is 0 Å². The summed E-state index contributed by atoms with van der Waals surface area (Å²) < 4.78 is 25.2. The monoisotopic (exact) mass is 372 g/mol. The molecule has 3 nitrogen and oxygen atoms in total. The number of thioether (sulfide) groups is 1. The molecule has 0 fully saturated rings. The van der Waals surface area contributed by atoms with Crippen LogP contribution in [0.1, 0.15) is 12.1 Å². The Hall–Kier alpha value is -2.60. The number of anilines is 1. The van der Waals surface area contributed by atoms with E-state index in [1.54, 1.807) is 24.3 Å². The summed E-state index contributed by atoms with van der Waals surface area (Å²) in [6, 6.07) is 20.5. The number of aryl methyl sites for hydroxylation is 1. The van der Waals surface area contributed by atoms with Crippen molar-refractivity contribution < 1.29 is 13.6 Å². The third kappa shape index (κ3) is 4.95. The van der Waals surface area contributed by atoms with Crippen LogP contribution in [-0.4, -0.2) is 16.6 Å². The summed E-state index contributed by atoms with van der Waals surface area (Å²) in [6.07, 6.45) is 0.811. The fourth-order valence-corrected chi connectivity index (χ4v) is 3.20. The lowest BCUT2D eigenvalue weighted by Crippen LogP contribution is -2.13. The zero-order valence-electron chi connectivity index (χ0n) is 13.9. The number of aromatic nitrogens is 1. The van der Waals surface area contributed by atoms with Gasteiger partial charge in [-0.1, -0.05) is 54.2 Å². The van der Waals surface area contributed by atoms with Crippen molar-refractivity contribution in [2.45, 2.75) is 23.5 Å². The number of alkyl halides is 2. The van der Waals surface area contributed by atoms with E-state index in [-0.39, 0.29) is 12.3 Å². The molecule has 2 N–H and O–H groups in total. The zero-order valence-corrected chi connectivity index (χ0v) is 14.7. The Morgan fingerprint density at radius 1 is 1.00 bits per heavy atom. The molecule has 134 valence electrons. The first-order valence-corrected chi connectivity index (χ1v) is 9.07. The summed E-state index contributed by atoms with van der Waals surface area (Å²) in [5.74, 6) is -2.73. The van der Waals surface area contributed by atoms with Gasteiger partial charge >= 0.3 is 0 Å². The van der Waals surface area contributed by atoms with E-state index in [0.29, 0.717) is 28.8 Å². The van der Waals surface area contributed by atoms with E-state index in [2.05, 4.69) is 10.3 Å². The number of H-pyrrole nitrogens is 1. The van der Waals surface area contributed by atoms with Gasteiger partial charge in [-0.05, 0) is 36.2 Å². The van der Waals surface area contributed by atoms with Crippen LogP contribution in [0.4, 0.5) is 14.5 Å². The molecule has 0 atom stereocenters. The van der Waals surface area contributed by atoms with Crippen LogP contribution in [0, 0.1) is 0 Å². The van der Waals surface area contributed by atoms with Crippen LogP contribution in [-0.2, 0) is 11.2 Å². The second kappa shape index (κ2) is 8.67. The van der Waals surface area contributed by atoms with Gasteiger partial charge in [0.25, 0.3) is 5.76 Å². The summed E-state index contributed by atoms with van der Waals surface area (Å²) in [5, 5.41) is 2.72. The highest BCUT2D eigenvalue weighted by atomic mass is 32.2.